The molecule has 1 unspecified atom stereocenters. The smallest absolute Gasteiger partial charge is 0.0322 e. The third-order valence-corrected chi connectivity index (χ3v) is 5.02. The van der Waals surface area contributed by atoms with Crippen molar-refractivity contribution >= 4 is 0 Å². The van der Waals surface area contributed by atoms with Crippen LogP contribution in [0.15, 0.2) is 12.2 Å². The average molecular weight is 234 g/mol. The Balaban J connectivity index is 1.59. The highest BCUT2D eigenvalue weighted by atomic mass is 14.3. The molecule has 0 aromatic rings. The minimum atomic E-state index is 1.02. The van der Waals surface area contributed by atoms with Gasteiger partial charge < -0.3 is 0 Å². The minimum absolute atomic E-state index is 1.02. The van der Waals surface area contributed by atoms with Crippen molar-refractivity contribution in [2.24, 2.45) is 17.8 Å². The van der Waals surface area contributed by atoms with Crippen LogP contribution in [0.3, 0.4) is 0 Å². The fourth-order valence-electron chi connectivity index (χ4n) is 3.81. The Labute approximate surface area is 108 Å². The van der Waals surface area contributed by atoms with E-state index in [4.69, 9.17) is 0 Å². The maximum Gasteiger partial charge on any atom is -0.0322 e. The quantitative estimate of drug-likeness (QED) is 0.533. The third-order valence-electron chi connectivity index (χ3n) is 5.02. The van der Waals surface area contributed by atoms with Gasteiger partial charge in [-0.1, -0.05) is 64.0 Å². The molecule has 0 aromatic heterocycles. The summed E-state index contributed by atoms with van der Waals surface area (Å²) in [5, 5.41) is 0. The van der Waals surface area contributed by atoms with E-state index in [0.717, 1.165) is 17.8 Å². The summed E-state index contributed by atoms with van der Waals surface area (Å²) in [5.41, 5.74) is 0. The molecule has 2 rings (SSSR count). The molecule has 1 saturated carbocycles. The van der Waals surface area contributed by atoms with Gasteiger partial charge in [0.05, 0.1) is 0 Å². The zero-order valence-corrected chi connectivity index (χ0v) is 11.7. The van der Waals surface area contributed by atoms with E-state index in [0.29, 0.717) is 0 Å². The molecule has 2 aliphatic carbocycles. The van der Waals surface area contributed by atoms with Crippen LogP contribution < -0.4 is 0 Å². The molecule has 0 heterocycles. The molecular weight excluding hydrogens is 204 g/mol. The van der Waals surface area contributed by atoms with Crippen molar-refractivity contribution in [2.45, 2.75) is 77.6 Å². The summed E-state index contributed by atoms with van der Waals surface area (Å²) in [6.07, 6.45) is 21.0. The Bertz CT molecular complexity index is 220. The van der Waals surface area contributed by atoms with Gasteiger partial charge in [-0.25, -0.2) is 0 Å². The van der Waals surface area contributed by atoms with Gasteiger partial charge in [0.15, 0.2) is 0 Å². The van der Waals surface area contributed by atoms with E-state index in [9.17, 15) is 0 Å². The molecular formula is C17H30. The van der Waals surface area contributed by atoms with Crippen molar-refractivity contribution in [1.29, 1.82) is 0 Å². The number of hydrogen-bond acceptors (Lipinski definition) is 0. The number of allylic oxidation sites excluding steroid dienone is 2. The number of rotatable bonds is 5. The predicted octanol–water partition coefficient (Wildman–Crippen LogP) is 5.73. The first-order valence-corrected chi connectivity index (χ1v) is 8.03. The highest BCUT2D eigenvalue weighted by Gasteiger charge is 2.21. The van der Waals surface area contributed by atoms with Gasteiger partial charge in [-0.3, -0.25) is 0 Å². The molecule has 0 spiro atoms. The maximum absolute atomic E-state index is 2.41. The molecule has 2 aliphatic rings. The van der Waals surface area contributed by atoms with E-state index >= 15 is 0 Å². The lowest BCUT2D eigenvalue weighted by molar-refractivity contribution is 0.237. The van der Waals surface area contributed by atoms with E-state index < -0.39 is 0 Å². The van der Waals surface area contributed by atoms with E-state index in [2.05, 4.69) is 19.1 Å². The number of hydrogen-bond donors (Lipinski definition) is 0. The van der Waals surface area contributed by atoms with Crippen LogP contribution in [-0.2, 0) is 0 Å². The lowest BCUT2D eigenvalue weighted by Gasteiger charge is -2.29. The normalized spacial score (nSPS) is 33.8. The average Bonchev–Trinajstić information content (AvgIpc) is 2.40. The SMILES string of the molecule is CCCC1CCC(CCC2CC=CCC2)CC1. The highest BCUT2D eigenvalue weighted by molar-refractivity contribution is 4.90. The van der Waals surface area contributed by atoms with Gasteiger partial charge in [-0.15, -0.1) is 0 Å². The molecule has 0 amide bonds. The zero-order chi connectivity index (χ0) is 11.9. The first-order valence-electron chi connectivity index (χ1n) is 8.03. The predicted molar refractivity (Wildman–Crippen MR) is 76.1 cm³/mol. The van der Waals surface area contributed by atoms with Crippen molar-refractivity contribution in [3.8, 4) is 0 Å². The van der Waals surface area contributed by atoms with Crippen LogP contribution in [0.5, 0.6) is 0 Å². The van der Waals surface area contributed by atoms with Crippen molar-refractivity contribution in [1.82, 2.24) is 0 Å². The Kier molecular flexibility index (Phi) is 5.61. The molecule has 0 radical (unpaired) electrons. The monoisotopic (exact) mass is 234 g/mol. The maximum atomic E-state index is 2.41. The Hall–Kier alpha value is -0.260. The van der Waals surface area contributed by atoms with Gasteiger partial charge >= 0.3 is 0 Å². The standard InChI is InChI=1S/C17H30/c1-2-6-15-9-12-17(13-10-15)14-11-16-7-4-3-5-8-16/h3-4,15-17H,2,5-14H2,1H3. The second kappa shape index (κ2) is 7.24. The topological polar surface area (TPSA) is 0 Å². The second-order valence-corrected chi connectivity index (χ2v) is 6.40. The van der Waals surface area contributed by atoms with Crippen molar-refractivity contribution in [2.75, 3.05) is 0 Å². The summed E-state index contributed by atoms with van der Waals surface area (Å²) in [7, 11) is 0. The lowest BCUT2D eigenvalue weighted by Crippen LogP contribution is -2.15. The molecule has 0 bridgehead atoms. The fourth-order valence-corrected chi connectivity index (χ4v) is 3.81. The Morgan fingerprint density at radius 3 is 2.00 bits per heavy atom. The van der Waals surface area contributed by atoms with E-state index in [1.54, 1.807) is 0 Å². The molecule has 0 saturated heterocycles. The van der Waals surface area contributed by atoms with Crippen LogP contribution in [0.25, 0.3) is 0 Å². The molecule has 1 atom stereocenters. The summed E-state index contributed by atoms with van der Waals surface area (Å²) in [6, 6.07) is 0. The van der Waals surface area contributed by atoms with E-state index in [1.807, 2.05) is 0 Å². The van der Waals surface area contributed by atoms with Gasteiger partial charge in [0.25, 0.3) is 0 Å². The highest BCUT2D eigenvalue weighted by Crippen LogP contribution is 2.35. The molecule has 0 aliphatic heterocycles. The lowest BCUT2D eigenvalue weighted by atomic mass is 9.77. The van der Waals surface area contributed by atoms with Crippen LogP contribution in [0.4, 0.5) is 0 Å². The summed E-state index contributed by atoms with van der Waals surface area (Å²) in [6.45, 7) is 2.34. The van der Waals surface area contributed by atoms with Crippen molar-refractivity contribution in [3.63, 3.8) is 0 Å². The Morgan fingerprint density at radius 1 is 0.765 bits per heavy atom. The molecule has 98 valence electrons. The van der Waals surface area contributed by atoms with Gasteiger partial charge in [-0.2, -0.15) is 0 Å². The summed E-state index contributed by atoms with van der Waals surface area (Å²) in [4.78, 5) is 0. The van der Waals surface area contributed by atoms with Gasteiger partial charge in [0.2, 0.25) is 0 Å². The summed E-state index contributed by atoms with van der Waals surface area (Å²) >= 11 is 0. The molecule has 1 fully saturated rings. The Morgan fingerprint density at radius 2 is 1.41 bits per heavy atom. The molecule has 0 nitrogen and oxygen atoms in total. The van der Waals surface area contributed by atoms with Gasteiger partial charge in [0.1, 0.15) is 0 Å². The van der Waals surface area contributed by atoms with Crippen LogP contribution >= 0.6 is 0 Å². The van der Waals surface area contributed by atoms with Crippen LogP contribution in [0.2, 0.25) is 0 Å². The molecule has 0 heteroatoms. The van der Waals surface area contributed by atoms with E-state index in [1.165, 1.54) is 70.6 Å². The fraction of sp³-hybridized carbons (Fsp3) is 0.882. The van der Waals surface area contributed by atoms with Crippen molar-refractivity contribution < 1.29 is 0 Å². The van der Waals surface area contributed by atoms with Crippen LogP contribution in [0.1, 0.15) is 77.6 Å². The zero-order valence-electron chi connectivity index (χ0n) is 11.7. The van der Waals surface area contributed by atoms with Crippen LogP contribution in [0, 0.1) is 17.8 Å². The molecule has 0 aromatic carbocycles. The second-order valence-electron chi connectivity index (χ2n) is 6.40. The van der Waals surface area contributed by atoms with E-state index in [-0.39, 0.29) is 0 Å². The molecule has 0 N–H and O–H groups in total. The summed E-state index contributed by atoms with van der Waals surface area (Å²) in [5.74, 6) is 3.18. The summed E-state index contributed by atoms with van der Waals surface area (Å²) < 4.78 is 0. The van der Waals surface area contributed by atoms with Gasteiger partial charge in [-0.05, 0) is 43.4 Å². The first-order chi connectivity index (χ1) is 8.38. The molecule has 17 heavy (non-hydrogen) atoms. The minimum Gasteiger partial charge on any atom is -0.0885 e. The first kappa shape index (κ1) is 13.2. The third kappa shape index (κ3) is 4.48. The largest absolute Gasteiger partial charge is 0.0885 e. The van der Waals surface area contributed by atoms with Gasteiger partial charge in [0, 0.05) is 0 Å². The van der Waals surface area contributed by atoms with Crippen LogP contribution in [-0.4, -0.2) is 0 Å². The van der Waals surface area contributed by atoms with Crippen molar-refractivity contribution in [3.05, 3.63) is 12.2 Å².